The predicted molar refractivity (Wildman–Crippen MR) is 259 cm³/mol. The van der Waals surface area contributed by atoms with Gasteiger partial charge in [-0.3, -0.25) is 43.2 Å². The molecule has 0 radical (unpaired) electrons. The molecule has 2 rings (SSSR count). The fraction of sp³-hybridized carbons (Fsp3) is 0.542. The van der Waals surface area contributed by atoms with Gasteiger partial charge in [0.25, 0.3) is 0 Å². The minimum absolute atomic E-state index is 0.0363. The highest BCUT2D eigenvalue weighted by Gasteiger charge is 2.37. The van der Waals surface area contributed by atoms with E-state index in [-0.39, 0.29) is 42.6 Å². The Morgan fingerprint density at radius 1 is 0.542 bits per heavy atom. The summed E-state index contributed by atoms with van der Waals surface area (Å²) < 4.78 is 0. The Morgan fingerprint density at radius 2 is 0.944 bits per heavy atom. The molecular weight excluding hydrogens is 943 g/mol. The van der Waals surface area contributed by atoms with Gasteiger partial charge in [-0.1, -0.05) is 72.2 Å². The van der Waals surface area contributed by atoms with Crippen LogP contribution < -0.4 is 48.7 Å². The molecule has 24 heteroatoms. The number of amides is 8. The number of primary amides is 1. The van der Waals surface area contributed by atoms with Gasteiger partial charge in [-0.25, -0.2) is 4.79 Å². The number of hydrogen-bond donors (Lipinski definition) is 14. The number of rotatable bonds is 30. The Bertz CT molecular complexity index is 2210. The van der Waals surface area contributed by atoms with Gasteiger partial charge < -0.3 is 74.2 Å². The molecule has 0 aliphatic rings. The van der Waals surface area contributed by atoms with Crippen LogP contribution in [0.15, 0.2) is 48.5 Å². The number of phenolic OH excluding ortho intramolecular Hbond substituents is 2. The van der Waals surface area contributed by atoms with E-state index in [4.69, 9.17) is 16.6 Å². The van der Waals surface area contributed by atoms with E-state index in [1.165, 1.54) is 62.4 Å². The Balaban J connectivity index is 2.43. The SMILES string of the molecule is CC[C@H](C)[C@H](N)C(=O)N[C@@H](Cc1ccc(O)cc1)C(=O)N[C@@H](CC(N)=O)C(=O)N[C@H](C(=O)N[C@H](C(=O)N[C@@H](Cc1ccc(O)cc1)C(=O)N[C@@H](CC(C)C)C(=O)N[C@@H](CCC(=O)O)C(=O)O)[C@@H](C)O)C(C)C. The Kier molecular flexibility index (Phi) is 24.6. The molecule has 24 nitrogen and oxygen atoms in total. The quantitative estimate of drug-likeness (QED) is 0.0426. The van der Waals surface area contributed by atoms with E-state index in [9.17, 15) is 68.4 Å². The molecule has 72 heavy (non-hydrogen) atoms. The summed E-state index contributed by atoms with van der Waals surface area (Å²) in [5, 5.41) is 66.3. The first kappa shape index (κ1) is 60.8. The van der Waals surface area contributed by atoms with Crippen molar-refractivity contribution in [2.75, 3.05) is 0 Å². The number of hydrogen-bond acceptors (Lipinski definition) is 14. The van der Waals surface area contributed by atoms with E-state index in [0.717, 1.165) is 6.92 Å². The lowest BCUT2D eigenvalue weighted by Crippen LogP contribution is -2.63. The van der Waals surface area contributed by atoms with Crippen LogP contribution in [0.2, 0.25) is 0 Å². The van der Waals surface area contributed by atoms with E-state index in [0.29, 0.717) is 17.5 Å². The number of carbonyl (C=O) groups is 10. The van der Waals surface area contributed by atoms with E-state index < -0.39 is 139 Å². The number of carboxylic acids is 2. The number of nitrogens with one attached hydrogen (secondary N) is 7. The van der Waals surface area contributed by atoms with Gasteiger partial charge in [0.05, 0.1) is 18.6 Å². The van der Waals surface area contributed by atoms with E-state index in [2.05, 4.69) is 37.2 Å². The number of carbonyl (C=O) groups excluding carboxylic acids is 8. The highest BCUT2D eigenvalue weighted by atomic mass is 16.4. The Labute approximate surface area is 417 Å². The van der Waals surface area contributed by atoms with Crippen LogP contribution in [0.25, 0.3) is 0 Å². The number of nitrogens with two attached hydrogens (primary N) is 2. The maximum Gasteiger partial charge on any atom is 0.326 e. The highest BCUT2D eigenvalue weighted by molar-refractivity contribution is 5.99. The van der Waals surface area contributed by atoms with Crippen LogP contribution in [-0.2, 0) is 60.8 Å². The van der Waals surface area contributed by atoms with Crippen LogP contribution in [0.3, 0.4) is 0 Å². The number of aliphatic carboxylic acids is 2. The van der Waals surface area contributed by atoms with Gasteiger partial charge in [-0.15, -0.1) is 0 Å². The summed E-state index contributed by atoms with van der Waals surface area (Å²) in [6, 6.07) is -0.808. The van der Waals surface area contributed by atoms with Crippen LogP contribution in [0.1, 0.15) is 91.7 Å². The molecule has 0 saturated carbocycles. The average Bonchev–Trinajstić information content (AvgIpc) is 3.29. The second-order valence-electron chi connectivity index (χ2n) is 18.5. The molecule has 398 valence electrons. The van der Waals surface area contributed by atoms with Gasteiger partial charge >= 0.3 is 11.9 Å². The van der Waals surface area contributed by atoms with Crippen molar-refractivity contribution in [2.45, 2.75) is 148 Å². The summed E-state index contributed by atoms with van der Waals surface area (Å²) in [6.45, 7) is 11.2. The number of phenols is 2. The van der Waals surface area contributed by atoms with Crippen LogP contribution in [0, 0.1) is 17.8 Å². The zero-order chi connectivity index (χ0) is 54.6. The molecule has 16 N–H and O–H groups in total. The Hall–Kier alpha value is -7.34. The van der Waals surface area contributed by atoms with Gasteiger partial charge in [0.2, 0.25) is 47.3 Å². The fourth-order valence-electron chi connectivity index (χ4n) is 7.09. The zero-order valence-corrected chi connectivity index (χ0v) is 41.5. The molecule has 2 aromatic carbocycles. The fourth-order valence-corrected chi connectivity index (χ4v) is 7.09. The second-order valence-corrected chi connectivity index (χ2v) is 18.5. The molecule has 0 fully saturated rings. The third kappa shape index (κ3) is 20.6. The standard InChI is InChI=1S/C48H71N9O15/c1-8-25(6)38(50)45(68)54-33(20-27-9-13-29(59)14-10-27)42(65)53-35(22-36(49)61)44(67)56-39(24(4)5)46(69)57-40(26(7)58)47(70)55-34(21-28-11-15-30(60)16-12-28)43(66)52-32(19-23(2)3)41(64)51-31(48(71)72)17-18-37(62)63/h9-16,23-26,31-35,38-40,58-60H,8,17-22,50H2,1-7H3,(H2,49,61)(H,51,64)(H,52,66)(H,53,65)(H,54,68)(H,55,70)(H,56,67)(H,57,69)(H,62,63)(H,71,72)/t25-,26+,31-,32-,33-,34-,35-,38-,39-,40-/m0/s1. The smallest absolute Gasteiger partial charge is 0.326 e. The lowest BCUT2D eigenvalue weighted by atomic mass is 9.98. The summed E-state index contributed by atoms with van der Waals surface area (Å²) in [5.74, 6) is -12.1. The largest absolute Gasteiger partial charge is 0.508 e. The van der Waals surface area contributed by atoms with Gasteiger partial charge in [0, 0.05) is 19.3 Å². The number of aliphatic hydroxyl groups is 1. The summed E-state index contributed by atoms with van der Waals surface area (Å²) >= 11 is 0. The van der Waals surface area contributed by atoms with Crippen LogP contribution >= 0.6 is 0 Å². The third-order valence-corrected chi connectivity index (χ3v) is 11.5. The Morgan fingerprint density at radius 3 is 1.36 bits per heavy atom. The van der Waals surface area contributed by atoms with Crippen molar-refractivity contribution < 1.29 is 73.5 Å². The number of benzene rings is 2. The van der Waals surface area contributed by atoms with Crippen molar-refractivity contribution >= 4 is 59.2 Å². The lowest BCUT2D eigenvalue weighted by molar-refractivity contribution is -0.143. The molecule has 0 heterocycles. The molecule has 8 amide bonds. The van der Waals surface area contributed by atoms with Crippen molar-refractivity contribution in [1.29, 1.82) is 0 Å². The molecule has 10 atom stereocenters. The second kappa shape index (κ2) is 29.1. The maximum atomic E-state index is 14.1. The van der Waals surface area contributed by atoms with Gasteiger partial charge in [0.1, 0.15) is 53.8 Å². The van der Waals surface area contributed by atoms with Crippen molar-refractivity contribution in [3.63, 3.8) is 0 Å². The summed E-state index contributed by atoms with van der Waals surface area (Å²) in [7, 11) is 0. The lowest BCUT2D eigenvalue weighted by Gasteiger charge is -2.30. The van der Waals surface area contributed by atoms with Crippen molar-refractivity contribution in [3.8, 4) is 11.5 Å². The molecule has 0 aliphatic heterocycles. The molecule has 0 saturated heterocycles. The molecule has 2 aromatic rings. The molecular formula is C48H71N9O15. The van der Waals surface area contributed by atoms with E-state index in [1.54, 1.807) is 20.8 Å². The zero-order valence-electron chi connectivity index (χ0n) is 41.5. The van der Waals surface area contributed by atoms with E-state index in [1.807, 2.05) is 6.92 Å². The first-order valence-corrected chi connectivity index (χ1v) is 23.5. The van der Waals surface area contributed by atoms with Crippen molar-refractivity contribution in [1.82, 2.24) is 37.2 Å². The topological polar surface area (TPSA) is 408 Å². The molecule has 0 spiro atoms. The molecule has 0 bridgehead atoms. The maximum absolute atomic E-state index is 14.1. The van der Waals surface area contributed by atoms with Crippen molar-refractivity contribution in [3.05, 3.63) is 59.7 Å². The number of carboxylic acid groups (broad SMARTS) is 2. The summed E-state index contributed by atoms with van der Waals surface area (Å²) in [6.07, 6.45) is -3.41. The van der Waals surface area contributed by atoms with Crippen LogP contribution in [0.5, 0.6) is 11.5 Å². The number of aliphatic hydroxyl groups excluding tert-OH is 1. The third-order valence-electron chi connectivity index (χ3n) is 11.5. The molecule has 0 aliphatic carbocycles. The first-order chi connectivity index (χ1) is 33.6. The molecule has 0 unspecified atom stereocenters. The van der Waals surface area contributed by atoms with Gasteiger partial charge in [0.15, 0.2) is 0 Å². The minimum atomic E-state index is -1.82. The minimum Gasteiger partial charge on any atom is -0.508 e. The molecule has 0 aromatic heterocycles. The van der Waals surface area contributed by atoms with Gasteiger partial charge in [-0.2, -0.15) is 0 Å². The van der Waals surface area contributed by atoms with Crippen LogP contribution in [0.4, 0.5) is 0 Å². The summed E-state index contributed by atoms with van der Waals surface area (Å²) in [5.41, 5.74) is 12.5. The van der Waals surface area contributed by atoms with E-state index >= 15 is 0 Å². The van der Waals surface area contributed by atoms with Crippen LogP contribution in [-0.4, -0.2) is 139 Å². The average molecular weight is 1010 g/mol. The monoisotopic (exact) mass is 1010 g/mol. The first-order valence-electron chi connectivity index (χ1n) is 23.5. The summed E-state index contributed by atoms with van der Waals surface area (Å²) in [4.78, 5) is 132. The van der Waals surface area contributed by atoms with Crippen molar-refractivity contribution in [2.24, 2.45) is 29.2 Å². The number of aromatic hydroxyl groups is 2. The van der Waals surface area contributed by atoms with Gasteiger partial charge in [-0.05, 0) is 72.9 Å². The highest BCUT2D eigenvalue weighted by Crippen LogP contribution is 2.16. The predicted octanol–water partition coefficient (Wildman–Crippen LogP) is -1.44. The normalized spacial score (nSPS) is 15.4.